The zero-order valence-electron chi connectivity index (χ0n) is 11.7. The molecule has 5 heteroatoms. The first kappa shape index (κ1) is 13.2. The van der Waals surface area contributed by atoms with E-state index in [1.54, 1.807) is 0 Å². The Hall–Kier alpha value is -1.49. The third kappa shape index (κ3) is 2.14. The van der Waals surface area contributed by atoms with Crippen LogP contribution in [0.15, 0.2) is 39.5 Å². The first-order valence-electron chi connectivity index (χ1n) is 7.33. The van der Waals surface area contributed by atoms with E-state index in [1.807, 2.05) is 12.3 Å². The molecule has 21 heavy (non-hydrogen) atoms. The molecule has 0 bridgehead atoms. The smallest absolute Gasteiger partial charge is 0.234 e. The van der Waals surface area contributed by atoms with E-state index in [1.165, 1.54) is 18.4 Å². The summed E-state index contributed by atoms with van der Waals surface area (Å²) in [5.41, 5.74) is 2.05. The largest absolute Gasteiger partial charge is 0.339 e. The number of rotatable bonds is 3. The lowest BCUT2D eigenvalue weighted by atomic mass is 9.81. The molecule has 0 spiro atoms. The van der Waals surface area contributed by atoms with E-state index in [-0.39, 0.29) is 11.3 Å². The fourth-order valence-corrected chi connectivity index (χ4v) is 3.50. The summed E-state index contributed by atoms with van der Waals surface area (Å²) in [7, 11) is 0. The molecule has 4 rings (SSSR count). The number of nitrogens with zero attached hydrogens (tertiary/aromatic N) is 3. The second-order valence-corrected chi connectivity index (χ2v) is 6.94. The Kier molecular flexibility index (Phi) is 2.99. The molecule has 2 aliphatic rings. The summed E-state index contributed by atoms with van der Waals surface area (Å²) >= 11 is 3.44. The van der Waals surface area contributed by atoms with E-state index in [4.69, 9.17) is 4.52 Å². The van der Waals surface area contributed by atoms with Crippen LogP contribution in [0.25, 0.3) is 0 Å². The van der Waals surface area contributed by atoms with Crippen LogP contribution in [0.3, 0.4) is 0 Å². The van der Waals surface area contributed by atoms with E-state index in [0.717, 1.165) is 41.1 Å². The standard InChI is InChI=1S/C16H16BrN3O/c1-10-8-12(10)14-19-15(20-21-14)16(6-2-3-7-16)13-5-4-11(17)9-18-13/h4-5,9,12H,1-3,6-8H2. The highest BCUT2D eigenvalue weighted by Gasteiger charge is 2.44. The van der Waals surface area contributed by atoms with Gasteiger partial charge in [0.25, 0.3) is 0 Å². The van der Waals surface area contributed by atoms with Gasteiger partial charge in [0.1, 0.15) is 0 Å². The van der Waals surface area contributed by atoms with Gasteiger partial charge in [-0.2, -0.15) is 4.98 Å². The second-order valence-electron chi connectivity index (χ2n) is 6.02. The first-order valence-corrected chi connectivity index (χ1v) is 8.12. The van der Waals surface area contributed by atoms with Crippen LogP contribution in [0, 0.1) is 0 Å². The molecule has 0 radical (unpaired) electrons. The number of hydrogen-bond acceptors (Lipinski definition) is 4. The molecule has 0 aromatic carbocycles. The number of halogens is 1. The molecular formula is C16H16BrN3O. The maximum absolute atomic E-state index is 5.48. The van der Waals surface area contributed by atoms with Crippen molar-refractivity contribution in [3.8, 4) is 0 Å². The van der Waals surface area contributed by atoms with Crippen molar-refractivity contribution < 1.29 is 4.52 Å². The molecule has 0 saturated heterocycles. The van der Waals surface area contributed by atoms with Crippen LogP contribution in [-0.4, -0.2) is 15.1 Å². The molecule has 2 aromatic heterocycles. The van der Waals surface area contributed by atoms with E-state index in [9.17, 15) is 0 Å². The van der Waals surface area contributed by atoms with Crippen LogP contribution < -0.4 is 0 Å². The van der Waals surface area contributed by atoms with Gasteiger partial charge < -0.3 is 4.52 Å². The van der Waals surface area contributed by atoms with E-state index < -0.39 is 0 Å². The SMILES string of the molecule is C=C1CC1c1nc(C2(c3ccc(Br)cn3)CCCC2)no1. The molecule has 2 saturated carbocycles. The highest BCUT2D eigenvalue weighted by Crippen LogP contribution is 2.48. The topological polar surface area (TPSA) is 51.8 Å². The van der Waals surface area contributed by atoms with Crippen LogP contribution in [-0.2, 0) is 5.41 Å². The van der Waals surface area contributed by atoms with Gasteiger partial charge in [-0.3, -0.25) is 4.98 Å². The number of hydrogen-bond donors (Lipinski definition) is 0. The molecule has 108 valence electrons. The number of aromatic nitrogens is 3. The summed E-state index contributed by atoms with van der Waals surface area (Å²) < 4.78 is 6.47. The third-order valence-corrected chi connectivity index (χ3v) is 5.11. The predicted molar refractivity (Wildman–Crippen MR) is 82.0 cm³/mol. The zero-order valence-corrected chi connectivity index (χ0v) is 13.3. The minimum atomic E-state index is -0.182. The van der Waals surface area contributed by atoms with E-state index in [0.29, 0.717) is 0 Å². The maximum Gasteiger partial charge on any atom is 0.234 e. The Bertz CT molecular complexity index is 686. The Morgan fingerprint density at radius 2 is 2.05 bits per heavy atom. The van der Waals surface area contributed by atoms with Crippen molar-refractivity contribution in [2.24, 2.45) is 0 Å². The molecular weight excluding hydrogens is 330 g/mol. The van der Waals surface area contributed by atoms with E-state index in [2.05, 4.69) is 43.7 Å². The minimum Gasteiger partial charge on any atom is -0.339 e. The van der Waals surface area contributed by atoms with Gasteiger partial charge in [-0.1, -0.05) is 30.2 Å². The van der Waals surface area contributed by atoms with Crippen molar-refractivity contribution >= 4 is 15.9 Å². The predicted octanol–water partition coefficient (Wildman–Crippen LogP) is 4.13. The van der Waals surface area contributed by atoms with Gasteiger partial charge in [0.05, 0.1) is 17.0 Å². The van der Waals surface area contributed by atoms with Crippen LogP contribution in [0.1, 0.15) is 55.4 Å². The van der Waals surface area contributed by atoms with Gasteiger partial charge in [-0.25, -0.2) is 0 Å². The van der Waals surface area contributed by atoms with E-state index >= 15 is 0 Å². The highest BCUT2D eigenvalue weighted by molar-refractivity contribution is 9.10. The Labute approximate surface area is 131 Å². The minimum absolute atomic E-state index is 0.182. The molecule has 1 atom stereocenters. The van der Waals surface area contributed by atoms with Crippen molar-refractivity contribution in [1.29, 1.82) is 0 Å². The first-order chi connectivity index (χ1) is 10.2. The summed E-state index contributed by atoms with van der Waals surface area (Å²) in [4.78, 5) is 9.29. The molecule has 0 amide bonds. The fraction of sp³-hybridized carbons (Fsp3) is 0.438. The molecule has 2 fully saturated rings. The number of allylic oxidation sites excluding steroid dienone is 1. The van der Waals surface area contributed by atoms with Crippen molar-refractivity contribution in [2.75, 3.05) is 0 Å². The van der Waals surface area contributed by atoms with Crippen LogP contribution in [0.4, 0.5) is 0 Å². The Balaban J connectivity index is 1.75. The van der Waals surface area contributed by atoms with Gasteiger partial charge in [0, 0.05) is 10.7 Å². The van der Waals surface area contributed by atoms with Gasteiger partial charge in [0.2, 0.25) is 5.89 Å². The van der Waals surface area contributed by atoms with Crippen molar-refractivity contribution in [2.45, 2.75) is 43.4 Å². The Morgan fingerprint density at radius 3 is 2.67 bits per heavy atom. The lowest BCUT2D eigenvalue weighted by molar-refractivity contribution is 0.360. The highest BCUT2D eigenvalue weighted by atomic mass is 79.9. The Morgan fingerprint density at radius 1 is 1.29 bits per heavy atom. The molecule has 1 unspecified atom stereocenters. The summed E-state index contributed by atoms with van der Waals surface area (Å²) in [5.74, 6) is 1.80. The molecule has 2 heterocycles. The second kappa shape index (κ2) is 4.77. The summed E-state index contributed by atoms with van der Waals surface area (Å²) in [6, 6.07) is 4.10. The zero-order chi connectivity index (χ0) is 14.4. The average molecular weight is 346 g/mol. The molecule has 2 aliphatic carbocycles. The van der Waals surface area contributed by atoms with Crippen LogP contribution in [0.5, 0.6) is 0 Å². The fourth-order valence-electron chi connectivity index (χ4n) is 3.27. The van der Waals surface area contributed by atoms with Gasteiger partial charge >= 0.3 is 0 Å². The molecule has 2 aromatic rings. The van der Waals surface area contributed by atoms with Gasteiger partial charge in [-0.05, 0) is 47.3 Å². The lowest BCUT2D eigenvalue weighted by Crippen LogP contribution is -2.26. The third-order valence-electron chi connectivity index (χ3n) is 4.64. The van der Waals surface area contributed by atoms with Crippen LogP contribution >= 0.6 is 15.9 Å². The van der Waals surface area contributed by atoms with Gasteiger partial charge in [-0.15, -0.1) is 0 Å². The molecule has 0 N–H and O–H groups in total. The van der Waals surface area contributed by atoms with Crippen LogP contribution in [0.2, 0.25) is 0 Å². The van der Waals surface area contributed by atoms with Gasteiger partial charge in [0.15, 0.2) is 5.82 Å². The van der Waals surface area contributed by atoms with Crippen molar-refractivity contribution in [1.82, 2.24) is 15.1 Å². The quantitative estimate of drug-likeness (QED) is 0.784. The van der Waals surface area contributed by atoms with Crippen molar-refractivity contribution in [3.63, 3.8) is 0 Å². The monoisotopic (exact) mass is 345 g/mol. The maximum atomic E-state index is 5.48. The summed E-state index contributed by atoms with van der Waals surface area (Å²) in [6.07, 6.45) is 7.25. The van der Waals surface area contributed by atoms with Crippen molar-refractivity contribution in [3.05, 3.63) is 52.4 Å². The lowest BCUT2D eigenvalue weighted by Gasteiger charge is -2.24. The average Bonchev–Trinajstić information content (AvgIpc) is 2.95. The summed E-state index contributed by atoms with van der Waals surface area (Å²) in [5, 5.41) is 4.29. The number of pyridine rings is 1. The summed E-state index contributed by atoms with van der Waals surface area (Å²) in [6.45, 7) is 3.97. The molecule has 0 aliphatic heterocycles. The normalized spacial score (nSPS) is 23.5. The molecule has 4 nitrogen and oxygen atoms in total.